The number of nitrogens with one attached hydrogen (secondary N) is 2. The van der Waals surface area contributed by atoms with Gasteiger partial charge in [0.05, 0.1) is 17.7 Å². The zero-order chi connectivity index (χ0) is 26.6. The molecule has 4 rings (SSSR count). The molecule has 3 fully saturated rings. The predicted octanol–water partition coefficient (Wildman–Crippen LogP) is 4.32. The lowest BCUT2D eigenvalue weighted by atomic mass is 9.66. The summed E-state index contributed by atoms with van der Waals surface area (Å²) in [4.78, 5) is 28.5. The van der Waals surface area contributed by atoms with E-state index in [2.05, 4.69) is 22.7 Å². The minimum Gasteiger partial charge on any atom is -0.474 e. The monoisotopic (exact) mass is 513 g/mol. The van der Waals surface area contributed by atoms with Gasteiger partial charge >= 0.3 is 0 Å². The summed E-state index contributed by atoms with van der Waals surface area (Å²) in [6, 6.07) is 0.112. The number of fused-ring (bicyclic) bond motifs is 2. The summed E-state index contributed by atoms with van der Waals surface area (Å²) in [7, 11) is 0. The Bertz CT molecular complexity index is 949. The first kappa shape index (κ1) is 27.7. The van der Waals surface area contributed by atoms with E-state index in [1.807, 2.05) is 38.7 Å². The van der Waals surface area contributed by atoms with E-state index >= 15 is 0 Å². The molecule has 2 saturated carbocycles. The molecule has 8 nitrogen and oxygen atoms in total. The Morgan fingerprint density at radius 2 is 1.84 bits per heavy atom. The van der Waals surface area contributed by atoms with Crippen molar-refractivity contribution in [2.75, 3.05) is 26.2 Å². The summed E-state index contributed by atoms with van der Waals surface area (Å²) in [5.41, 5.74) is -0.273. The minimum atomic E-state index is -0.707. The van der Waals surface area contributed by atoms with E-state index in [0.717, 1.165) is 37.9 Å². The van der Waals surface area contributed by atoms with Gasteiger partial charge in [-0.1, -0.05) is 25.3 Å². The van der Waals surface area contributed by atoms with Crippen molar-refractivity contribution in [1.29, 1.82) is 0 Å². The number of rotatable bonds is 8. The highest BCUT2D eigenvalue weighted by atomic mass is 16.5. The van der Waals surface area contributed by atoms with Crippen LogP contribution in [0.1, 0.15) is 89.9 Å². The molecule has 3 atom stereocenters. The molecular weight excluding hydrogens is 466 g/mol. The number of aromatic nitrogens is 2. The third-order valence-corrected chi connectivity index (χ3v) is 8.38. The van der Waals surface area contributed by atoms with Gasteiger partial charge in [0.2, 0.25) is 11.8 Å². The first-order chi connectivity index (χ1) is 17.6. The molecule has 2 bridgehead atoms. The molecule has 1 saturated heterocycles. The molecule has 3 aliphatic rings. The van der Waals surface area contributed by atoms with Crippen molar-refractivity contribution in [3.05, 3.63) is 17.8 Å². The third-order valence-electron chi connectivity index (χ3n) is 8.38. The highest BCUT2D eigenvalue weighted by molar-refractivity contribution is 5.96. The van der Waals surface area contributed by atoms with E-state index in [1.165, 1.54) is 38.5 Å². The summed E-state index contributed by atoms with van der Waals surface area (Å²) < 4.78 is 7.66. The molecule has 1 aromatic heterocycles. The van der Waals surface area contributed by atoms with Gasteiger partial charge in [0.1, 0.15) is 5.56 Å². The van der Waals surface area contributed by atoms with Crippen molar-refractivity contribution in [3.63, 3.8) is 0 Å². The van der Waals surface area contributed by atoms with Crippen LogP contribution in [-0.2, 0) is 4.79 Å². The van der Waals surface area contributed by atoms with Gasteiger partial charge in [-0.25, -0.2) is 4.68 Å². The van der Waals surface area contributed by atoms with Gasteiger partial charge in [-0.05, 0) is 84.6 Å². The Morgan fingerprint density at radius 1 is 1.11 bits per heavy atom. The number of nitrogens with zero attached hydrogens (tertiary/aromatic N) is 3. The summed E-state index contributed by atoms with van der Waals surface area (Å²) in [5, 5.41) is 11.1. The standard InChI is InChI=1S/C29H47N5O3/c1-20(2)37-27-25(26(35)32-21(3)24-17-22-8-6-9-23(16-22)18-24)19-31-34(27)14-10-29(4,5)28(36)33-13-7-11-30-12-15-33/h10,14,19-24,30H,6-9,11-13,15-18H2,1-5H3,(H,32,35)/b14-10+. The lowest BCUT2D eigenvalue weighted by Gasteiger charge is -2.41. The fourth-order valence-electron chi connectivity index (χ4n) is 6.33. The predicted molar refractivity (Wildman–Crippen MR) is 146 cm³/mol. The number of carbonyl (C=O) groups excluding carboxylic acids is 2. The van der Waals surface area contributed by atoms with Gasteiger partial charge in [-0.2, -0.15) is 5.10 Å². The second-order valence-electron chi connectivity index (χ2n) is 12.3. The van der Waals surface area contributed by atoms with Crippen LogP contribution in [0.25, 0.3) is 6.20 Å². The molecule has 37 heavy (non-hydrogen) atoms. The zero-order valence-electron chi connectivity index (χ0n) is 23.5. The number of ether oxygens (including phenoxy) is 1. The second-order valence-corrected chi connectivity index (χ2v) is 12.3. The van der Waals surface area contributed by atoms with Crippen LogP contribution in [0.15, 0.2) is 12.3 Å². The smallest absolute Gasteiger partial charge is 0.258 e. The van der Waals surface area contributed by atoms with E-state index < -0.39 is 5.41 Å². The van der Waals surface area contributed by atoms with Crippen molar-refractivity contribution in [2.45, 2.75) is 91.7 Å². The third kappa shape index (κ3) is 6.95. The van der Waals surface area contributed by atoms with Crippen LogP contribution in [0.5, 0.6) is 5.88 Å². The fourth-order valence-corrected chi connectivity index (χ4v) is 6.33. The van der Waals surface area contributed by atoms with Crippen molar-refractivity contribution in [1.82, 2.24) is 25.3 Å². The molecule has 0 radical (unpaired) electrons. The van der Waals surface area contributed by atoms with E-state index in [-0.39, 0.29) is 24.0 Å². The highest BCUT2D eigenvalue weighted by Gasteiger charge is 2.35. The molecule has 1 aliphatic heterocycles. The normalized spacial score (nSPS) is 25.7. The number of carbonyl (C=O) groups is 2. The molecule has 3 unspecified atom stereocenters. The van der Waals surface area contributed by atoms with Crippen molar-refractivity contribution in [3.8, 4) is 5.88 Å². The van der Waals surface area contributed by atoms with Crippen LogP contribution in [0.4, 0.5) is 0 Å². The van der Waals surface area contributed by atoms with Gasteiger partial charge in [-0.3, -0.25) is 9.59 Å². The van der Waals surface area contributed by atoms with Gasteiger partial charge < -0.3 is 20.3 Å². The number of hydrogen-bond donors (Lipinski definition) is 2. The van der Waals surface area contributed by atoms with Gasteiger partial charge in [0.25, 0.3) is 5.91 Å². The molecule has 2 N–H and O–H groups in total. The molecule has 2 heterocycles. The maximum Gasteiger partial charge on any atom is 0.258 e. The molecular formula is C29H47N5O3. The van der Waals surface area contributed by atoms with E-state index in [0.29, 0.717) is 23.9 Å². The Hall–Kier alpha value is -2.35. The van der Waals surface area contributed by atoms with E-state index in [9.17, 15) is 9.59 Å². The van der Waals surface area contributed by atoms with Gasteiger partial charge in [-0.15, -0.1) is 0 Å². The van der Waals surface area contributed by atoms with Crippen LogP contribution >= 0.6 is 0 Å². The van der Waals surface area contributed by atoms with Crippen molar-refractivity contribution < 1.29 is 14.3 Å². The first-order valence-corrected chi connectivity index (χ1v) is 14.4. The first-order valence-electron chi connectivity index (χ1n) is 14.4. The van der Waals surface area contributed by atoms with Gasteiger partial charge in [0, 0.05) is 31.9 Å². The average molecular weight is 514 g/mol. The lowest BCUT2D eigenvalue weighted by Crippen LogP contribution is -2.42. The minimum absolute atomic E-state index is 0.0926. The Kier molecular flexibility index (Phi) is 8.98. The Balaban J connectivity index is 1.46. The lowest BCUT2D eigenvalue weighted by molar-refractivity contribution is -0.137. The molecule has 8 heteroatoms. The van der Waals surface area contributed by atoms with E-state index in [1.54, 1.807) is 17.1 Å². The Morgan fingerprint density at radius 3 is 2.54 bits per heavy atom. The van der Waals surface area contributed by atoms with Crippen LogP contribution in [0, 0.1) is 23.2 Å². The average Bonchev–Trinajstić information content (AvgIpc) is 3.05. The maximum absolute atomic E-state index is 13.4. The fraction of sp³-hybridized carbons (Fsp3) is 0.759. The van der Waals surface area contributed by atoms with Crippen molar-refractivity contribution in [2.24, 2.45) is 23.2 Å². The Labute approximate surface area is 222 Å². The number of amides is 2. The van der Waals surface area contributed by atoms with Crippen LogP contribution < -0.4 is 15.4 Å². The molecule has 1 aromatic rings. The van der Waals surface area contributed by atoms with Crippen LogP contribution in [-0.4, -0.2) is 64.8 Å². The second kappa shape index (κ2) is 12.0. The molecule has 0 spiro atoms. The molecule has 206 valence electrons. The summed E-state index contributed by atoms with van der Waals surface area (Å²) >= 11 is 0. The summed E-state index contributed by atoms with van der Waals surface area (Å²) in [5.74, 6) is 2.53. The maximum atomic E-state index is 13.4. The zero-order valence-corrected chi connectivity index (χ0v) is 23.5. The largest absolute Gasteiger partial charge is 0.474 e. The van der Waals surface area contributed by atoms with Crippen molar-refractivity contribution >= 4 is 18.0 Å². The molecule has 0 aromatic carbocycles. The van der Waals surface area contributed by atoms with Crippen LogP contribution in [0.2, 0.25) is 0 Å². The quantitative estimate of drug-likeness (QED) is 0.540. The SMILES string of the molecule is CC(C)Oc1c(C(=O)NC(C)C2CC3CCCC(C3)C2)cnn1/C=C/C(C)(C)C(=O)N1CCCNCC1. The topological polar surface area (TPSA) is 88.5 Å². The van der Waals surface area contributed by atoms with Gasteiger partial charge in [0.15, 0.2) is 0 Å². The molecule has 2 aliphatic carbocycles. The number of hydrogen-bond acceptors (Lipinski definition) is 5. The van der Waals surface area contributed by atoms with E-state index in [4.69, 9.17) is 4.74 Å². The molecule has 2 amide bonds. The summed E-state index contributed by atoms with van der Waals surface area (Å²) in [6.07, 6.45) is 13.9. The summed E-state index contributed by atoms with van der Waals surface area (Å²) in [6.45, 7) is 13.1. The highest BCUT2D eigenvalue weighted by Crippen LogP contribution is 2.43. The van der Waals surface area contributed by atoms with Crippen LogP contribution in [0.3, 0.4) is 0 Å².